The van der Waals surface area contributed by atoms with E-state index in [-0.39, 0.29) is 0 Å². The monoisotopic (exact) mass is 157 g/mol. The highest BCUT2D eigenvalue weighted by molar-refractivity contribution is 4.85. The van der Waals surface area contributed by atoms with Crippen molar-refractivity contribution < 1.29 is 9.26 Å². The average molecular weight is 157 g/mol. The van der Waals surface area contributed by atoms with Crippen LogP contribution in [0.4, 0.5) is 0 Å². The van der Waals surface area contributed by atoms with Crippen molar-refractivity contribution in [2.75, 3.05) is 13.7 Å². The Hall–Kier alpha value is -0.940. The molecule has 2 N–H and O–H groups in total. The summed E-state index contributed by atoms with van der Waals surface area (Å²) in [7, 11) is 1.58. The smallest absolute Gasteiger partial charge is 0.252 e. The van der Waals surface area contributed by atoms with Gasteiger partial charge in [0.05, 0.1) is 0 Å². The first-order chi connectivity index (χ1) is 5.36. The third-order valence-electron chi connectivity index (χ3n) is 1.15. The van der Waals surface area contributed by atoms with Gasteiger partial charge in [0.1, 0.15) is 6.61 Å². The summed E-state index contributed by atoms with van der Waals surface area (Å²) >= 11 is 0. The highest BCUT2D eigenvalue weighted by Gasteiger charge is 2.03. The van der Waals surface area contributed by atoms with E-state index in [1.54, 1.807) is 7.11 Å². The maximum absolute atomic E-state index is 5.29. The van der Waals surface area contributed by atoms with E-state index in [4.69, 9.17) is 15.0 Å². The van der Waals surface area contributed by atoms with Crippen LogP contribution in [0.15, 0.2) is 4.52 Å². The van der Waals surface area contributed by atoms with Gasteiger partial charge >= 0.3 is 0 Å². The molecule has 0 bridgehead atoms. The quantitative estimate of drug-likeness (QED) is 0.650. The molecular formula is C6H11N3O2. The van der Waals surface area contributed by atoms with Crippen molar-refractivity contribution in [3.05, 3.63) is 11.7 Å². The summed E-state index contributed by atoms with van der Waals surface area (Å²) in [4.78, 5) is 4.01. The maximum atomic E-state index is 5.29. The largest absolute Gasteiger partial charge is 0.375 e. The van der Waals surface area contributed by atoms with E-state index in [2.05, 4.69) is 10.1 Å². The number of ether oxygens (including phenoxy) is 1. The fourth-order valence-corrected chi connectivity index (χ4v) is 0.703. The zero-order valence-electron chi connectivity index (χ0n) is 6.41. The average Bonchev–Trinajstić information content (AvgIpc) is 2.38. The van der Waals surface area contributed by atoms with Crippen molar-refractivity contribution in [1.82, 2.24) is 10.1 Å². The summed E-state index contributed by atoms with van der Waals surface area (Å²) < 4.78 is 9.61. The first kappa shape index (κ1) is 8.16. The van der Waals surface area contributed by atoms with Gasteiger partial charge in [-0.1, -0.05) is 5.16 Å². The van der Waals surface area contributed by atoms with Gasteiger partial charge < -0.3 is 15.0 Å². The van der Waals surface area contributed by atoms with E-state index in [1.807, 2.05) is 0 Å². The van der Waals surface area contributed by atoms with Crippen LogP contribution in [-0.4, -0.2) is 23.8 Å². The summed E-state index contributed by atoms with van der Waals surface area (Å²) in [6.45, 7) is 0.892. The van der Waals surface area contributed by atoms with E-state index in [0.29, 0.717) is 31.3 Å². The Morgan fingerprint density at radius 3 is 3.09 bits per heavy atom. The van der Waals surface area contributed by atoms with Crippen LogP contribution in [0.3, 0.4) is 0 Å². The minimum Gasteiger partial charge on any atom is -0.375 e. The number of rotatable bonds is 4. The van der Waals surface area contributed by atoms with E-state index >= 15 is 0 Å². The zero-order valence-corrected chi connectivity index (χ0v) is 6.41. The SMILES string of the molecule is COCc1nc(CCN)no1. The van der Waals surface area contributed by atoms with Crippen LogP contribution in [0, 0.1) is 0 Å². The summed E-state index contributed by atoms with van der Waals surface area (Å²) in [5, 5.41) is 3.68. The molecule has 0 amide bonds. The third-order valence-corrected chi connectivity index (χ3v) is 1.15. The van der Waals surface area contributed by atoms with Gasteiger partial charge in [-0.2, -0.15) is 4.98 Å². The number of hydrogen-bond acceptors (Lipinski definition) is 5. The Kier molecular flexibility index (Phi) is 3.00. The molecule has 1 aromatic heterocycles. The number of aromatic nitrogens is 2. The number of methoxy groups -OCH3 is 1. The highest BCUT2D eigenvalue weighted by atomic mass is 16.5. The lowest BCUT2D eigenvalue weighted by molar-refractivity contribution is 0.151. The van der Waals surface area contributed by atoms with Gasteiger partial charge in [0.25, 0.3) is 5.89 Å². The molecule has 0 atom stereocenters. The molecule has 0 unspecified atom stereocenters. The minimum absolute atomic E-state index is 0.359. The number of nitrogens with zero attached hydrogens (tertiary/aromatic N) is 2. The van der Waals surface area contributed by atoms with Crippen LogP contribution in [0.5, 0.6) is 0 Å². The predicted octanol–water partition coefficient (Wildman–Crippen LogP) is -0.283. The lowest BCUT2D eigenvalue weighted by Crippen LogP contribution is -2.04. The van der Waals surface area contributed by atoms with Crippen LogP contribution in [0.1, 0.15) is 11.7 Å². The number of nitrogens with two attached hydrogens (primary N) is 1. The summed E-state index contributed by atoms with van der Waals surface area (Å²) in [6.07, 6.45) is 0.646. The van der Waals surface area contributed by atoms with Crippen molar-refractivity contribution in [2.24, 2.45) is 5.73 Å². The molecule has 1 aromatic rings. The van der Waals surface area contributed by atoms with Gasteiger partial charge in [-0.3, -0.25) is 0 Å². The van der Waals surface area contributed by atoms with Gasteiger partial charge in [0, 0.05) is 13.5 Å². The molecule has 5 nitrogen and oxygen atoms in total. The molecule has 62 valence electrons. The summed E-state index contributed by atoms with van der Waals surface area (Å²) in [6, 6.07) is 0. The number of hydrogen-bond donors (Lipinski definition) is 1. The van der Waals surface area contributed by atoms with E-state index in [9.17, 15) is 0 Å². The van der Waals surface area contributed by atoms with Gasteiger partial charge in [-0.15, -0.1) is 0 Å². The van der Waals surface area contributed by atoms with Gasteiger partial charge in [0.2, 0.25) is 0 Å². The van der Waals surface area contributed by atoms with Gasteiger partial charge in [-0.25, -0.2) is 0 Å². The summed E-state index contributed by atoms with van der Waals surface area (Å²) in [5.74, 6) is 1.13. The van der Waals surface area contributed by atoms with E-state index < -0.39 is 0 Å². The maximum Gasteiger partial charge on any atom is 0.252 e. The first-order valence-corrected chi connectivity index (χ1v) is 3.37. The van der Waals surface area contributed by atoms with Crippen molar-refractivity contribution >= 4 is 0 Å². The topological polar surface area (TPSA) is 74.2 Å². The lowest BCUT2D eigenvalue weighted by atomic mass is 10.4. The molecule has 0 saturated heterocycles. The first-order valence-electron chi connectivity index (χ1n) is 3.37. The lowest BCUT2D eigenvalue weighted by Gasteiger charge is -1.86. The van der Waals surface area contributed by atoms with E-state index in [0.717, 1.165) is 0 Å². The molecular weight excluding hydrogens is 146 g/mol. The Morgan fingerprint density at radius 2 is 2.45 bits per heavy atom. The second-order valence-electron chi connectivity index (χ2n) is 2.08. The fraction of sp³-hybridized carbons (Fsp3) is 0.667. The molecule has 0 aromatic carbocycles. The van der Waals surface area contributed by atoms with Crippen LogP contribution < -0.4 is 5.73 Å². The predicted molar refractivity (Wildman–Crippen MR) is 37.8 cm³/mol. The van der Waals surface area contributed by atoms with Crippen LogP contribution in [0.25, 0.3) is 0 Å². The van der Waals surface area contributed by atoms with Crippen molar-refractivity contribution in [2.45, 2.75) is 13.0 Å². The second-order valence-corrected chi connectivity index (χ2v) is 2.08. The molecule has 0 saturated carbocycles. The molecule has 0 aliphatic carbocycles. The fourth-order valence-electron chi connectivity index (χ4n) is 0.703. The molecule has 1 rings (SSSR count). The van der Waals surface area contributed by atoms with Crippen molar-refractivity contribution in [1.29, 1.82) is 0 Å². The zero-order chi connectivity index (χ0) is 8.10. The van der Waals surface area contributed by atoms with Crippen LogP contribution in [-0.2, 0) is 17.8 Å². The second kappa shape index (κ2) is 4.05. The van der Waals surface area contributed by atoms with Gasteiger partial charge in [0.15, 0.2) is 5.82 Å². The van der Waals surface area contributed by atoms with Crippen molar-refractivity contribution in [3.8, 4) is 0 Å². The Balaban J connectivity index is 2.51. The molecule has 0 spiro atoms. The summed E-state index contributed by atoms with van der Waals surface area (Å²) in [5.41, 5.74) is 5.29. The Labute approximate surface area is 64.5 Å². The third kappa shape index (κ3) is 2.28. The molecule has 11 heavy (non-hydrogen) atoms. The molecule has 0 aliphatic rings. The minimum atomic E-state index is 0.359. The Bertz CT molecular complexity index is 191. The molecule has 5 heteroatoms. The standard InChI is InChI=1S/C6H11N3O2/c1-10-4-6-8-5(2-3-7)9-11-6/h2-4,7H2,1H3. The van der Waals surface area contributed by atoms with Crippen LogP contribution in [0.2, 0.25) is 0 Å². The normalized spacial score (nSPS) is 10.4. The van der Waals surface area contributed by atoms with Gasteiger partial charge in [-0.05, 0) is 6.54 Å². The van der Waals surface area contributed by atoms with Crippen LogP contribution >= 0.6 is 0 Å². The highest BCUT2D eigenvalue weighted by Crippen LogP contribution is 1.98. The molecule has 0 aliphatic heterocycles. The molecule has 0 fully saturated rings. The molecule has 1 heterocycles. The van der Waals surface area contributed by atoms with E-state index in [1.165, 1.54) is 0 Å². The van der Waals surface area contributed by atoms with Crippen molar-refractivity contribution in [3.63, 3.8) is 0 Å². The molecule has 0 radical (unpaired) electrons. The Morgan fingerprint density at radius 1 is 1.64 bits per heavy atom.